The van der Waals surface area contributed by atoms with E-state index < -0.39 is 0 Å². The smallest absolute Gasteiger partial charge is 0.0853 e. The van der Waals surface area contributed by atoms with Crippen LogP contribution in [0.1, 0.15) is 5.69 Å². The molecule has 14 heavy (non-hydrogen) atoms. The van der Waals surface area contributed by atoms with E-state index in [0.29, 0.717) is 5.69 Å². The molecule has 0 spiro atoms. The third-order valence-corrected chi connectivity index (χ3v) is 1.94. The lowest BCUT2D eigenvalue weighted by Gasteiger charge is -2.01. The molecular weight excluding hydrogens is 176 g/mol. The summed E-state index contributed by atoms with van der Waals surface area (Å²) in [4.78, 5) is 8.22. The van der Waals surface area contributed by atoms with Crippen LogP contribution in [0.4, 0.5) is 0 Å². The van der Waals surface area contributed by atoms with Crippen LogP contribution >= 0.6 is 0 Å². The molecule has 0 aromatic carbocycles. The van der Waals surface area contributed by atoms with Crippen molar-refractivity contribution in [3.05, 3.63) is 48.4 Å². The quantitative estimate of drug-likeness (QED) is 0.775. The van der Waals surface area contributed by atoms with Gasteiger partial charge in [0, 0.05) is 18.0 Å². The molecule has 2 aromatic rings. The van der Waals surface area contributed by atoms with Gasteiger partial charge in [0.15, 0.2) is 0 Å². The van der Waals surface area contributed by atoms with Crippen molar-refractivity contribution in [1.29, 1.82) is 0 Å². The average molecular weight is 186 g/mol. The summed E-state index contributed by atoms with van der Waals surface area (Å²) < 4.78 is 0. The van der Waals surface area contributed by atoms with Gasteiger partial charge in [0.2, 0.25) is 0 Å². The highest BCUT2D eigenvalue weighted by molar-refractivity contribution is 5.57. The summed E-state index contributed by atoms with van der Waals surface area (Å²) in [5.41, 5.74) is 2.55. The first-order chi connectivity index (χ1) is 6.90. The largest absolute Gasteiger partial charge is 0.390 e. The molecule has 0 aliphatic carbocycles. The Hall–Kier alpha value is -1.74. The van der Waals surface area contributed by atoms with E-state index in [1.807, 2.05) is 24.3 Å². The summed E-state index contributed by atoms with van der Waals surface area (Å²) in [6.07, 6.45) is 3.45. The first-order valence-corrected chi connectivity index (χ1v) is 4.37. The van der Waals surface area contributed by atoms with Crippen molar-refractivity contribution < 1.29 is 5.11 Å². The number of nitrogens with zero attached hydrogens (tertiary/aromatic N) is 2. The van der Waals surface area contributed by atoms with Crippen LogP contribution in [0.2, 0.25) is 0 Å². The van der Waals surface area contributed by atoms with E-state index >= 15 is 0 Å². The molecule has 0 bridgehead atoms. The van der Waals surface area contributed by atoms with Crippen molar-refractivity contribution in [1.82, 2.24) is 9.97 Å². The first-order valence-electron chi connectivity index (χ1n) is 4.37. The summed E-state index contributed by atoms with van der Waals surface area (Å²) in [6.45, 7) is -0.0288. The second-order valence-corrected chi connectivity index (χ2v) is 2.91. The van der Waals surface area contributed by atoms with E-state index in [1.165, 1.54) is 0 Å². The monoisotopic (exact) mass is 186 g/mol. The van der Waals surface area contributed by atoms with Crippen LogP contribution in [0, 0.1) is 0 Å². The summed E-state index contributed by atoms with van der Waals surface area (Å²) in [6, 6.07) is 9.38. The fourth-order valence-corrected chi connectivity index (χ4v) is 1.25. The van der Waals surface area contributed by atoms with E-state index in [4.69, 9.17) is 5.11 Å². The highest BCUT2D eigenvalue weighted by Crippen LogP contribution is 2.15. The zero-order valence-corrected chi connectivity index (χ0v) is 7.59. The second-order valence-electron chi connectivity index (χ2n) is 2.91. The third kappa shape index (κ3) is 1.78. The molecule has 0 unspecified atom stereocenters. The molecule has 0 atom stereocenters. The standard InChI is InChI=1S/C11H10N2O/c14-8-10-2-1-3-11(13-10)9-4-6-12-7-5-9/h1-7,14H,8H2. The maximum absolute atomic E-state index is 8.93. The minimum Gasteiger partial charge on any atom is -0.390 e. The van der Waals surface area contributed by atoms with Gasteiger partial charge in [-0.2, -0.15) is 0 Å². The molecule has 0 saturated carbocycles. The van der Waals surface area contributed by atoms with Gasteiger partial charge in [0.1, 0.15) is 0 Å². The molecular formula is C11H10N2O. The fraction of sp³-hybridized carbons (Fsp3) is 0.0909. The molecule has 0 fully saturated rings. The van der Waals surface area contributed by atoms with Crippen LogP contribution in [0.15, 0.2) is 42.7 Å². The van der Waals surface area contributed by atoms with E-state index in [1.54, 1.807) is 18.5 Å². The van der Waals surface area contributed by atoms with Crippen molar-refractivity contribution in [3.63, 3.8) is 0 Å². The van der Waals surface area contributed by atoms with Crippen LogP contribution < -0.4 is 0 Å². The number of pyridine rings is 2. The number of aliphatic hydroxyl groups is 1. The Morgan fingerprint density at radius 1 is 1.07 bits per heavy atom. The van der Waals surface area contributed by atoms with Gasteiger partial charge >= 0.3 is 0 Å². The van der Waals surface area contributed by atoms with Gasteiger partial charge in [-0.05, 0) is 24.3 Å². The van der Waals surface area contributed by atoms with Gasteiger partial charge in [0.25, 0.3) is 0 Å². The number of rotatable bonds is 2. The van der Waals surface area contributed by atoms with Crippen LogP contribution in [0.3, 0.4) is 0 Å². The van der Waals surface area contributed by atoms with Gasteiger partial charge < -0.3 is 5.11 Å². The Morgan fingerprint density at radius 2 is 1.86 bits per heavy atom. The summed E-state index contributed by atoms with van der Waals surface area (Å²) >= 11 is 0. The molecule has 3 nitrogen and oxygen atoms in total. The maximum Gasteiger partial charge on any atom is 0.0853 e. The predicted octanol–water partition coefficient (Wildman–Crippen LogP) is 1.64. The van der Waals surface area contributed by atoms with Crippen molar-refractivity contribution in [2.45, 2.75) is 6.61 Å². The molecule has 0 aliphatic rings. The molecule has 2 aromatic heterocycles. The minimum atomic E-state index is -0.0288. The van der Waals surface area contributed by atoms with E-state index in [9.17, 15) is 0 Å². The molecule has 0 radical (unpaired) electrons. The molecule has 2 heterocycles. The second kappa shape index (κ2) is 3.98. The SMILES string of the molecule is OCc1cccc(-c2ccncc2)n1. The highest BCUT2D eigenvalue weighted by Gasteiger charge is 1.98. The predicted molar refractivity (Wildman–Crippen MR) is 53.4 cm³/mol. The van der Waals surface area contributed by atoms with Crippen molar-refractivity contribution >= 4 is 0 Å². The summed E-state index contributed by atoms with van der Waals surface area (Å²) in [7, 11) is 0. The Labute approximate surface area is 82.1 Å². The number of hydrogen-bond acceptors (Lipinski definition) is 3. The minimum absolute atomic E-state index is 0.0288. The Morgan fingerprint density at radius 3 is 2.57 bits per heavy atom. The maximum atomic E-state index is 8.93. The molecule has 0 saturated heterocycles. The van der Waals surface area contributed by atoms with Gasteiger partial charge in [-0.3, -0.25) is 9.97 Å². The third-order valence-electron chi connectivity index (χ3n) is 1.94. The number of hydrogen-bond donors (Lipinski definition) is 1. The van der Waals surface area contributed by atoms with Gasteiger partial charge in [-0.25, -0.2) is 0 Å². The lowest BCUT2D eigenvalue weighted by atomic mass is 10.2. The van der Waals surface area contributed by atoms with Gasteiger partial charge in [-0.15, -0.1) is 0 Å². The first kappa shape index (κ1) is 8.84. The molecule has 0 amide bonds. The van der Waals surface area contributed by atoms with Crippen molar-refractivity contribution in [2.75, 3.05) is 0 Å². The molecule has 70 valence electrons. The zero-order chi connectivity index (χ0) is 9.80. The Balaban J connectivity index is 2.42. The van der Waals surface area contributed by atoms with Crippen LogP contribution in [-0.2, 0) is 6.61 Å². The van der Waals surface area contributed by atoms with Gasteiger partial charge in [-0.1, -0.05) is 6.07 Å². The molecule has 0 aliphatic heterocycles. The topological polar surface area (TPSA) is 46.0 Å². The van der Waals surface area contributed by atoms with Gasteiger partial charge in [0.05, 0.1) is 18.0 Å². The molecule has 3 heteroatoms. The zero-order valence-electron chi connectivity index (χ0n) is 7.59. The lowest BCUT2D eigenvalue weighted by molar-refractivity contribution is 0.277. The van der Waals surface area contributed by atoms with E-state index in [-0.39, 0.29) is 6.61 Å². The summed E-state index contributed by atoms with van der Waals surface area (Å²) in [5, 5.41) is 8.93. The number of aliphatic hydroxyl groups excluding tert-OH is 1. The number of aromatic nitrogens is 2. The van der Waals surface area contributed by atoms with Crippen molar-refractivity contribution in [2.24, 2.45) is 0 Å². The normalized spacial score (nSPS) is 10.1. The van der Waals surface area contributed by atoms with Crippen LogP contribution in [-0.4, -0.2) is 15.1 Å². The Kier molecular flexibility index (Phi) is 2.51. The highest BCUT2D eigenvalue weighted by atomic mass is 16.3. The fourth-order valence-electron chi connectivity index (χ4n) is 1.25. The summed E-state index contributed by atoms with van der Waals surface area (Å²) in [5.74, 6) is 0. The van der Waals surface area contributed by atoms with Crippen molar-refractivity contribution in [3.8, 4) is 11.3 Å². The average Bonchev–Trinajstić information content (AvgIpc) is 2.30. The van der Waals surface area contributed by atoms with E-state index in [2.05, 4.69) is 9.97 Å². The van der Waals surface area contributed by atoms with Crippen LogP contribution in [0.5, 0.6) is 0 Å². The van der Waals surface area contributed by atoms with Crippen LogP contribution in [0.25, 0.3) is 11.3 Å². The Bertz CT molecular complexity index is 415. The van der Waals surface area contributed by atoms with E-state index in [0.717, 1.165) is 11.3 Å². The lowest BCUT2D eigenvalue weighted by Crippen LogP contribution is -1.90. The molecule has 2 rings (SSSR count). The molecule has 1 N–H and O–H groups in total.